The lowest BCUT2D eigenvalue weighted by Gasteiger charge is -2.23. The second-order valence-corrected chi connectivity index (χ2v) is 6.52. The lowest BCUT2D eigenvalue weighted by Crippen LogP contribution is -2.37. The summed E-state index contributed by atoms with van der Waals surface area (Å²) in [5, 5.41) is 3.50. The van der Waals surface area contributed by atoms with Gasteiger partial charge in [0.15, 0.2) is 0 Å². The molecule has 3 heteroatoms. The Bertz CT molecular complexity index is 388. The van der Waals surface area contributed by atoms with Crippen LogP contribution >= 0.6 is 0 Å². The molecule has 1 aliphatic rings. The Balaban J connectivity index is 1.73. The molecule has 0 spiro atoms. The van der Waals surface area contributed by atoms with Gasteiger partial charge in [-0.25, -0.2) is 0 Å². The van der Waals surface area contributed by atoms with Gasteiger partial charge in [0.2, 0.25) is 0 Å². The van der Waals surface area contributed by atoms with Crippen molar-refractivity contribution in [1.82, 2.24) is 5.32 Å². The van der Waals surface area contributed by atoms with Gasteiger partial charge in [0.05, 0.1) is 13.2 Å². The Morgan fingerprint density at radius 3 is 2.50 bits per heavy atom. The lowest BCUT2D eigenvalue weighted by molar-refractivity contribution is 0.0910. The molecule has 112 valence electrons. The van der Waals surface area contributed by atoms with Crippen molar-refractivity contribution in [1.29, 1.82) is 0 Å². The van der Waals surface area contributed by atoms with E-state index < -0.39 is 0 Å². The summed E-state index contributed by atoms with van der Waals surface area (Å²) in [6.45, 7) is 8.78. The molecule has 0 aliphatic carbocycles. The fourth-order valence-corrected chi connectivity index (χ4v) is 2.39. The van der Waals surface area contributed by atoms with Crippen LogP contribution in [0.15, 0.2) is 24.3 Å². The zero-order chi connectivity index (χ0) is 14.4. The highest BCUT2D eigenvalue weighted by molar-refractivity contribution is 5.27. The standard InChI is InChI=1S/C17H27NO2/c1-17(2,3)20-16-9-7-14(8-10-16)12-19-13-15-6-4-5-11-18-15/h7-10,15,18H,4-6,11-13H2,1-3H3. The van der Waals surface area contributed by atoms with Crippen LogP contribution in [0.3, 0.4) is 0 Å². The topological polar surface area (TPSA) is 30.5 Å². The minimum atomic E-state index is -0.148. The van der Waals surface area contributed by atoms with Gasteiger partial charge in [-0.2, -0.15) is 0 Å². The molecule has 1 saturated heterocycles. The smallest absolute Gasteiger partial charge is 0.120 e. The maximum Gasteiger partial charge on any atom is 0.120 e. The molecule has 2 rings (SSSR count). The minimum absolute atomic E-state index is 0.148. The van der Waals surface area contributed by atoms with Gasteiger partial charge in [0.1, 0.15) is 11.4 Å². The average Bonchev–Trinajstić information content (AvgIpc) is 2.40. The van der Waals surface area contributed by atoms with Crippen molar-refractivity contribution in [2.75, 3.05) is 13.2 Å². The molecule has 0 bridgehead atoms. The fourth-order valence-electron chi connectivity index (χ4n) is 2.39. The van der Waals surface area contributed by atoms with Crippen molar-refractivity contribution < 1.29 is 9.47 Å². The molecule has 3 nitrogen and oxygen atoms in total. The number of benzene rings is 1. The SMILES string of the molecule is CC(C)(C)Oc1ccc(COCC2CCCCN2)cc1. The van der Waals surface area contributed by atoms with Crippen molar-refractivity contribution >= 4 is 0 Å². The van der Waals surface area contributed by atoms with Crippen LogP contribution in [0, 0.1) is 0 Å². The summed E-state index contributed by atoms with van der Waals surface area (Å²) in [7, 11) is 0. The summed E-state index contributed by atoms with van der Waals surface area (Å²) < 4.78 is 11.6. The van der Waals surface area contributed by atoms with E-state index in [1.165, 1.54) is 24.8 Å². The van der Waals surface area contributed by atoms with Crippen LogP contribution in [0.4, 0.5) is 0 Å². The lowest BCUT2D eigenvalue weighted by atomic mass is 10.1. The molecule has 1 unspecified atom stereocenters. The Kier molecular flexibility index (Phi) is 5.44. The predicted octanol–water partition coefficient (Wildman–Crippen LogP) is 3.52. The number of nitrogens with one attached hydrogen (secondary N) is 1. The Morgan fingerprint density at radius 1 is 1.15 bits per heavy atom. The molecule has 1 fully saturated rings. The summed E-state index contributed by atoms with van der Waals surface area (Å²) in [6, 6.07) is 8.73. The van der Waals surface area contributed by atoms with Crippen molar-refractivity contribution in [3.8, 4) is 5.75 Å². The van der Waals surface area contributed by atoms with Gasteiger partial charge in [0.25, 0.3) is 0 Å². The van der Waals surface area contributed by atoms with E-state index in [1.807, 2.05) is 12.1 Å². The number of piperidine rings is 1. The van der Waals surface area contributed by atoms with Gasteiger partial charge in [-0.15, -0.1) is 0 Å². The highest BCUT2D eigenvalue weighted by Gasteiger charge is 2.13. The molecule has 1 aliphatic heterocycles. The van der Waals surface area contributed by atoms with Crippen molar-refractivity contribution in [2.24, 2.45) is 0 Å². The van der Waals surface area contributed by atoms with E-state index in [0.29, 0.717) is 12.6 Å². The maximum atomic E-state index is 5.81. The second-order valence-electron chi connectivity index (χ2n) is 6.52. The fraction of sp³-hybridized carbons (Fsp3) is 0.647. The molecule has 1 heterocycles. The van der Waals surface area contributed by atoms with E-state index in [2.05, 4.69) is 38.2 Å². The molecular weight excluding hydrogens is 250 g/mol. The zero-order valence-corrected chi connectivity index (χ0v) is 12.9. The van der Waals surface area contributed by atoms with Gasteiger partial charge < -0.3 is 14.8 Å². The van der Waals surface area contributed by atoms with Crippen LogP contribution in [-0.4, -0.2) is 24.8 Å². The number of hydrogen-bond acceptors (Lipinski definition) is 3. The molecule has 0 saturated carbocycles. The summed E-state index contributed by atoms with van der Waals surface area (Å²) in [5.41, 5.74) is 1.05. The molecule has 0 amide bonds. The van der Waals surface area contributed by atoms with Gasteiger partial charge in [-0.3, -0.25) is 0 Å². The Morgan fingerprint density at radius 2 is 1.90 bits per heavy atom. The van der Waals surface area contributed by atoms with Crippen molar-refractivity contribution in [3.63, 3.8) is 0 Å². The number of hydrogen-bond donors (Lipinski definition) is 1. The molecule has 0 aromatic heterocycles. The van der Waals surface area contributed by atoms with Crippen LogP contribution in [-0.2, 0) is 11.3 Å². The zero-order valence-electron chi connectivity index (χ0n) is 12.9. The molecule has 1 aromatic rings. The highest BCUT2D eigenvalue weighted by atomic mass is 16.5. The predicted molar refractivity (Wildman–Crippen MR) is 82.1 cm³/mol. The van der Waals surface area contributed by atoms with Gasteiger partial charge in [0, 0.05) is 6.04 Å². The average molecular weight is 277 g/mol. The quantitative estimate of drug-likeness (QED) is 0.893. The third kappa shape index (κ3) is 5.51. The molecule has 0 radical (unpaired) electrons. The van der Waals surface area contributed by atoms with Crippen LogP contribution in [0.25, 0.3) is 0 Å². The van der Waals surface area contributed by atoms with Gasteiger partial charge in [-0.05, 0) is 57.9 Å². The number of rotatable bonds is 5. The van der Waals surface area contributed by atoms with Crippen LogP contribution in [0.5, 0.6) is 5.75 Å². The van der Waals surface area contributed by atoms with Crippen molar-refractivity contribution in [3.05, 3.63) is 29.8 Å². The minimum Gasteiger partial charge on any atom is -0.488 e. The monoisotopic (exact) mass is 277 g/mol. The first kappa shape index (κ1) is 15.3. The first-order valence-corrected chi connectivity index (χ1v) is 7.62. The molecule has 1 N–H and O–H groups in total. The van der Waals surface area contributed by atoms with Crippen LogP contribution < -0.4 is 10.1 Å². The summed E-state index contributed by atoms with van der Waals surface area (Å²) in [4.78, 5) is 0. The Labute approximate surface area is 122 Å². The summed E-state index contributed by atoms with van der Waals surface area (Å²) in [6.07, 6.45) is 3.85. The van der Waals surface area contributed by atoms with E-state index in [0.717, 1.165) is 18.9 Å². The van der Waals surface area contributed by atoms with Crippen molar-refractivity contribution in [2.45, 2.75) is 58.3 Å². The first-order valence-electron chi connectivity index (χ1n) is 7.62. The largest absolute Gasteiger partial charge is 0.488 e. The van der Waals surface area contributed by atoms with E-state index >= 15 is 0 Å². The van der Waals surface area contributed by atoms with Crippen LogP contribution in [0.1, 0.15) is 45.6 Å². The first-order chi connectivity index (χ1) is 9.53. The normalized spacial score (nSPS) is 19.9. The molecule has 20 heavy (non-hydrogen) atoms. The maximum absolute atomic E-state index is 5.81. The van der Waals surface area contributed by atoms with E-state index in [4.69, 9.17) is 9.47 Å². The Hall–Kier alpha value is -1.06. The summed E-state index contributed by atoms with van der Waals surface area (Å²) >= 11 is 0. The van der Waals surface area contributed by atoms with Gasteiger partial charge in [-0.1, -0.05) is 18.6 Å². The molecule has 1 atom stereocenters. The second kappa shape index (κ2) is 7.09. The summed E-state index contributed by atoms with van der Waals surface area (Å²) in [5.74, 6) is 0.912. The highest BCUT2D eigenvalue weighted by Crippen LogP contribution is 2.19. The number of ether oxygens (including phenoxy) is 2. The third-order valence-electron chi connectivity index (χ3n) is 3.35. The van der Waals surface area contributed by atoms with E-state index in [9.17, 15) is 0 Å². The molecular formula is C17H27NO2. The van der Waals surface area contributed by atoms with E-state index in [-0.39, 0.29) is 5.60 Å². The van der Waals surface area contributed by atoms with Gasteiger partial charge >= 0.3 is 0 Å². The third-order valence-corrected chi connectivity index (χ3v) is 3.35. The van der Waals surface area contributed by atoms with E-state index in [1.54, 1.807) is 0 Å². The molecule has 1 aromatic carbocycles. The van der Waals surface area contributed by atoms with Crippen LogP contribution in [0.2, 0.25) is 0 Å².